The number of hydrogen-bond acceptors (Lipinski definition) is 2. The Morgan fingerprint density at radius 1 is 1.29 bits per heavy atom. The van der Waals surface area contributed by atoms with Crippen LogP contribution in [-0.2, 0) is 0 Å². The summed E-state index contributed by atoms with van der Waals surface area (Å²) in [6.07, 6.45) is 0. The highest BCUT2D eigenvalue weighted by molar-refractivity contribution is 7.71. The number of imidazole rings is 1. The topological polar surface area (TPSA) is 20.7 Å². The average molecular weight is 260 g/mol. The molecule has 1 atom stereocenters. The van der Waals surface area contributed by atoms with Crippen LogP contribution in [-0.4, -0.2) is 9.55 Å². The Hall–Kier alpha value is -1.39. The van der Waals surface area contributed by atoms with E-state index < -0.39 is 0 Å². The lowest BCUT2D eigenvalue weighted by Gasteiger charge is -2.13. The van der Waals surface area contributed by atoms with Gasteiger partial charge in [-0.1, -0.05) is 12.1 Å². The van der Waals surface area contributed by atoms with Crippen molar-refractivity contribution in [1.82, 2.24) is 9.55 Å². The van der Waals surface area contributed by atoms with Gasteiger partial charge >= 0.3 is 0 Å². The first-order valence-corrected chi connectivity index (χ1v) is 6.84. The van der Waals surface area contributed by atoms with Crippen molar-refractivity contribution in [3.8, 4) is 0 Å². The standard InChI is InChI=1S/C13H12N2S2/c1-9(10-6-7-17-8-10)15-12-5-3-2-4-11(12)14-13(15)16/h2-9H,1H3,(H,14,16). The summed E-state index contributed by atoms with van der Waals surface area (Å²) in [5.74, 6) is 0. The minimum absolute atomic E-state index is 0.268. The van der Waals surface area contributed by atoms with Crippen LogP contribution in [0.5, 0.6) is 0 Å². The molecular weight excluding hydrogens is 248 g/mol. The summed E-state index contributed by atoms with van der Waals surface area (Å²) in [4.78, 5) is 3.25. The molecule has 1 unspecified atom stereocenters. The molecule has 1 N–H and O–H groups in total. The second-order valence-electron chi connectivity index (χ2n) is 4.05. The molecule has 2 aromatic heterocycles. The van der Waals surface area contributed by atoms with Gasteiger partial charge < -0.3 is 9.55 Å². The van der Waals surface area contributed by atoms with Crippen molar-refractivity contribution < 1.29 is 0 Å². The summed E-state index contributed by atoms with van der Waals surface area (Å²) in [5, 5.41) is 4.28. The highest BCUT2D eigenvalue weighted by Gasteiger charge is 2.12. The van der Waals surface area contributed by atoms with Crippen molar-refractivity contribution in [2.75, 3.05) is 0 Å². The second-order valence-corrected chi connectivity index (χ2v) is 5.22. The van der Waals surface area contributed by atoms with E-state index in [4.69, 9.17) is 12.2 Å². The van der Waals surface area contributed by atoms with E-state index in [-0.39, 0.29) is 6.04 Å². The number of rotatable bonds is 2. The van der Waals surface area contributed by atoms with E-state index in [9.17, 15) is 0 Å². The van der Waals surface area contributed by atoms with Crippen molar-refractivity contribution >= 4 is 34.6 Å². The molecule has 17 heavy (non-hydrogen) atoms. The van der Waals surface area contributed by atoms with Crippen molar-refractivity contribution in [2.45, 2.75) is 13.0 Å². The molecule has 0 spiro atoms. The summed E-state index contributed by atoms with van der Waals surface area (Å²) < 4.78 is 2.96. The number of H-pyrrole nitrogens is 1. The Balaban J connectivity index is 2.23. The number of benzene rings is 1. The van der Waals surface area contributed by atoms with E-state index >= 15 is 0 Å². The molecular formula is C13H12N2S2. The Labute approximate surface area is 109 Å². The first kappa shape index (κ1) is 10.7. The normalized spacial score (nSPS) is 13.0. The molecule has 3 rings (SSSR count). The Morgan fingerprint density at radius 2 is 2.12 bits per heavy atom. The van der Waals surface area contributed by atoms with Crippen molar-refractivity contribution in [3.63, 3.8) is 0 Å². The SMILES string of the molecule is CC(c1ccsc1)n1c(=S)[nH]c2ccccc21. The first-order valence-electron chi connectivity index (χ1n) is 5.49. The van der Waals surface area contributed by atoms with Crippen LogP contribution in [0.4, 0.5) is 0 Å². The molecule has 0 aliphatic carbocycles. The number of para-hydroxylation sites is 2. The van der Waals surface area contributed by atoms with Crippen molar-refractivity contribution in [1.29, 1.82) is 0 Å². The fourth-order valence-electron chi connectivity index (χ4n) is 2.12. The van der Waals surface area contributed by atoms with Gasteiger partial charge in [0.05, 0.1) is 17.1 Å². The van der Waals surface area contributed by atoms with E-state index in [2.05, 4.69) is 45.4 Å². The molecule has 3 aromatic rings. The zero-order valence-corrected chi connectivity index (χ0v) is 11.0. The molecule has 2 heterocycles. The summed E-state index contributed by atoms with van der Waals surface area (Å²) in [6, 6.07) is 10.6. The summed E-state index contributed by atoms with van der Waals surface area (Å²) in [5.41, 5.74) is 3.56. The van der Waals surface area contributed by atoms with Gasteiger partial charge in [0.1, 0.15) is 0 Å². The molecule has 0 fully saturated rings. The predicted molar refractivity (Wildman–Crippen MR) is 75.3 cm³/mol. The zero-order chi connectivity index (χ0) is 11.8. The van der Waals surface area contributed by atoms with E-state index in [0.29, 0.717) is 0 Å². The van der Waals surface area contributed by atoms with Crippen molar-refractivity contribution in [2.24, 2.45) is 0 Å². The lowest BCUT2D eigenvalue weighted by Crippen LogP contribution is -2.05. The number of fused-ring (bicyclic) bond motifs is 1. The van der Waals surface area contributed by atoms with Gasteiger partial charge in [-0.05, 0) is 53.7 Å². The van der Waals surface area contributed by atoms with Crippen LogP contribution in [0.3, 0.4) is 0 Å². The van der Waals surface area contributed by atoms with Crippen LogP contribution >= 0.6 is 23.6 Å². The van der Waals surface area contributed by atoms with Crippen LogP contribution in [0, 0.1) is 4.77 Å². The van der Waals surface area contributed by atoms with Gasteiger partial charge in [-0.2, -0.15) is 11.3 Å². The molecule has 1 aromatic carbocycles. The molecule has 0 radical (unpaired) electrons. The maximum Gasteiger partial charge on any atom is 0.178 e. The van der Waals surface area contributed by atoms with Gasteiger partial charge in [-0.25, -0.2) is 0 Å². The second kappa shape index (κ2) is 4.13. The lowest BCUT2D eigenvalue weighted by atomic mass is 10.2. The molecule has 0 saturated heterocycles. The minimum atomic E-state index is 0.268. The minimum Gasteiger partial charge on any atom is -0.331 e. The highest BCUT2D eigenvalue weighted by Crippen LogP contribution is 2.25. The van der Waals surface area contributed by atoms with E-state index in [1.54, 1.807) is 11.3 Å². The quantitative estimate of drug-likeness (QED) is 0.679. The fourth-order valence-corrected chi connectivity index (χ4v) is 3.23. The Morgan fingerprint density at radius 3 is 2.88 bits per heavy atom. The van der Waals surface area contributed by atoms with Gasteiger partial charge in [0.15, 0.2) is 4.77 Å². The van der Waals surface area contributed by atoms with Crippen LogP contribution in [0.1, 0.15) is 18.5 Å². The molecule has 0 aliphatic rings. The average Bonchev–Trinajstić information content (AvgIpc) is 2.94. The fraction of sp³-hybridized carbons (Fsp3) is 0.154. The zero-order valence-electron chi connectivity index (χ0n) is 9.38. The number of hydrogen-bond donors (Lipinski definition) is 1. The molecule has 86 valence electrons. The monoisotopic (exact) mass is 260 g/mol. The lowest BCUT2D eigenvalue weighted by molar-refractivity contribution is 0.651. The number of aromatic nitrogens is 2. The summed E-state index contributed by atoms with van der Waals surface area (Å²) in [6.45, 7) is 2.18. The third kappa shape index (κ3) is 1.73. The van der Waals surface area contributed by atoms with Gasteiger partial charge in [0.25, 0.3) is 0 Å². The van der Waals surface area contributed by atoms with Crippen LogP contribution in [0.15, 0.2) is 41.1 Å². The molecule has 0 saturated carbocycles. The molecule has 2 nitrogen and oxygen atoms in total. The predicted octanol–water partition coefficient (Wildman–Crippen LogP) is 4.37. The number of nitrogens with one attached hydrogen (secondary N) is 1. The highest BCUT2D eigenvalue weighted by atomic mass is 32.1. The summed E-state index contributed by atoms with van der Waals surface area (Å²) >= 11 is 7.13. The van der Waals surface area contributed by atoms with E-state index in [1.165, 1.54) is 5.56 Å². The molecule has 4 heteroatoms. The van der Waals surface area contributed by atoms with E-state index in [0.717, 1.165) is 15.8 Å². The Bertz CT molecular complexity index is 692. The maximum atomic E-state index is 5.41. The van der Waals surface area contributed by atoms with Gasteiger partial charge in [-0.15, -0.1) is 0 Å². The number of thiophene rings is 1. The Kier molecular flexibility index (Phi) is 2.61. The largest absolute Gasteiger partial charge is 0.331 e. The summed E-state index contributed by atoms with van der Waals surface area (Å²) in [7, 11) is 0. The molecule has 0 aliphatic heterocycles. The number of aromatic amines is 1. The molecule has 0 bridgehead atoms. The van der Waals surface area contributed by atoms with Crippen LogP contribution in [0.25, 0.3) is 11.0 Å². The number of nitrogens with zero attached hydrogens (tertiary/aromatic N) is 1. The van der Waals surface area contributed by atoms with Gasteiger partial charge in [0, 0.05) is 0 Å². The van der Waals surface area contributed by atoms with Crippen LogP contribution in [0.2, 0.25) is 0 Å². The van der Waals surface area contributed by atoms with Crippen molar-refractivity contribution in [3.05, 3.63) is 51.4 Å². The third-order valence-electron chi connectivity index (χ3n) is 3.04. The van der Waals surface area contributed by atoms with E-state index in [1.807, 2.05) is 12.1 Å². The van der Waals surface area contributed by atoms with Gasteiger partial charge in [-0.3, -0.25) is 0 Å². The molecule has 0 amide bonds. The smallest absolute Gasteiger partial charge is 0.178 e. The maximum absolute atomic E-state index is 5.41. The first-order chi connectivity index (χ1) is 8.27. The third-order valence-corrected chi connectivity index (χ3v) is 4.04. The van der Waals surface area contributed by atoms with Crippen LogP contribution < -0.4 is 0 Å². The van der Waals surface area contributed by atoms with Gasteiger partial charge in [0.2, 0.25) is 0 Å².